The standard InChI is InChI=1S/C15H21F3N4.C8H12N2/c1-19-10-5-7-11(8-6-10)20-13-3-2-4-14-21-12(9-22(13)14)15(16,17)18;1-4-8-5-6-9-10(8)7(2)3/h2,4,9-11,13,19-20H,3,5-8H2,1H3;4-7H,1H2,2-3H3. The molecule has 0 spiro atoms. The fraction of sp³-hybridized carbons (Fsp3) is 0.565. The molecule has 1 unspecified atom stereocenters. The number of nitrogens with one attached hydrogen (secondary N) is 2. The van der Waals surface area contributed by atoms with Gasteiger partial charge < -0.3 is 9.88 Å². The lowest BCUT2D eigenvalue weighted by molar-refractivity contribution is -0.141. The van der Waals surface area contributed by atoms with Crippen molar-refractivity contribution in [3.05, 3.63) is 48.3 Å². The van der Waals surface area contributed by atoms with Gasteiger partial charge in [0.25, 0.3) is 0 Å². The third kappa shape index (κ3) is 5.89. The topological polar surface area (TPSA) is 59.7 Å². The number of hydrogen-bond acceptors (Lipinski definition) is 4. The molecule has 1 saturated carbocycles. The Morgan fingerprint density at radius 1 is 1.19 bits per heavy atom. The smallest absolute Gasteiger partial charge is 0.317 e. The molecule has 1 fully saturated rings. The molecule has 3 heterocycles. The van der Waals surface area contributed by atoms with Crippen molar-refractivity contribution in [2.45, 2.75) is 76.4 Å². The number of fused-ring (bicyclic) bond motifs is 1. The molecule has 1 atom stereocenters. The van der Waals surface area contributed by atoms with Gasteiger partial charge >= 0.3 is 6.18 Å². The molecule has 6 nitrogen and oxygen atoms in total. The molecule has 2 aromatic rings. The van der Waals surface area contributed by atoms with Gasteiger partial charge in [0.05, 0.1) is 11.9 Å². The molecule has 2 N–H and O–H groups in total. The number of aromatic nitrogens is 4. The van der Waals surface area contributed by atoms with Gasteiger partial charge in [-0.2, -0.15) is 18.3 Å². The van der Waals surface area contributed by atoms with Crippen molar-refractivity contribution in [2.75, 3.05) is 7.05 Å². The number of nitrogens with zero attached hydrogens (tertiary/aromatic N) is 4. The van der Waals surface area contributed by atoms with Gasteiger partial charge in [-0.05, 0) is 71.2 Å². The molecule has 1 aliphatic carbocycles. The molecule has 1 aliphatic heterocycles. The second-order valence-corrected chi connectivity index (χ2v) is 8.55. The molecule has 0 aromatic carbocycles. The summed E-state index contributed by atoms with van der Waals surface area (Å²) in [5, 5.41) is 10.9. The maximum absolute atomic E-state index is 12.8. The van der Waals surface area contributed by atoms with E-state index in [1.165, 1.54) is 0 Å². The van der Waals surface area contributed by atoms with Crippen LogP contribution in [0.2, 0.25) is 0 Å². The molecule has 0 saturated heterocycles. The number of halogens is 3. The summed E-state index contributed by atoms with van der Waals surface area (Å²) in [7, 11) is 1.97. The Bertz CT molecular complexity index is 903. The normalized spacial score (nSPS) is 22.9. The maximum Gasteiger partial charge on any atom is 0.434 e. The lowest BCUT2D eigenvalue weighted by Gasteiger charge is -2.33. The van der Waals surface area contributed by atoms with Gasteiger partial charge in [-0.1, -0.05) is 12.7 Å². The largest absolute Gasteiger partial charge is 0.434 e. The highest BCUT2D eigenvalue weighted by Gasteiger charge is 2.36. The van der Waals surface area contributed by atoms with Crippen LogP contribution in [0, 0.1) is 0 Å². The van der Waals surface area contributed by atoms with E-state index in [1.807, 2.05) is 29.9 Å². The Kier molecular flexibility index (Phi) is 7.95. The summed E-state index contributed by atoms with van der Waals surface area (Å²) in [5.41, 5.74) is 0.259. The quantitative estimate of drug-likeness (QED) is 0.670. The van der Waals surface area contributed by atoms with E-state index in [4.69, 9.17) is 0 Å². The molecule has 4 rings (SSSR count). The van der Waals surface area contributed by atoms with Crippen molar-refractivity contribution in [2.24, 2.45) is 0 Å². The summed E-state index contributed by atoms with van der Waals surface area (Å²) >= 11 is 0. The number of imidazole rings is 1. The highest BCUT2D eigenvalue weighted by molar-refractivity contribution is 5.44. The van der Waals surface area contributed by atoms with Gasteiger partial charge in [-0.3, -0.25) is 10.00 Å². The first-order chi connectivity index (χ1) is 15.2. The average Bonchev–Trinajstić information content (AvgIpc) is 3.42. The third-order valence-electron chi connectivity index (χ3n) is 5.98. The Hall–Kier alpha value is -2.39. The van der Waals surface area contributed by atoms with Crippen LogP contribution in [0.25, 0.3) is 12.2 Å². The van der Waals surface area contributed by atoms with Crippen molar-refractivity contribution < 1.29 is 13.2 Å². The first-order valence-electron chi connectivity index (χ1n) is 11.1. The van der Waals surface area contributed by atoms with Crippen LogP contribution >= 0.6 is 0 Å². The van der Waals surface area contributed by atoms with E-state index in [2.05, 4.69) is 41.1 Å². The third-order valence-corrected chi connectivity index (χ3v) is 5.98. The molecular formula is C23H33F3N6. The first kappa shape index (κ1) is 24.3. The minimum Gasteiger partial charge on any atom is -0.317 e. The zero-order valence-corrected chi connectivity index (χ0v) is 18.9. The summed E-state index contributed by atoms with van der Waals surface area (Å²) in [5.74, 6) is 0.375. The lowest BCUT2D eigenvalue weighted by atomic mass is 9.91. The van der Waals surface area contributed by atoms with Crippen LogP contribution < -0.4 is 10.6 Å². The van der Waals surface area contributed by atoms with E-state index in [0.29, 0.717) is 30.4 Å². The summed E-state index contributed by atoms with van der Waals surface area (Å²) in [6.07, 6.45) is 8.71. The second kappa shape index (κ2) is 10.5. The van der Waals surface area contributed by atoms with Crippen LogP contribution in [0.4, 0.5) is 13.2 Å². The Balaban J connectivity index is 0.000000243. The first-order valence-corrected chi connectivity index (χ1v) is 11.1. The minimum atomic E-state index is -4.40. The molecule has 9 heteroatoms. The fourth-order valence-corrected chi connectivity index (χ4v) is 4.22. The van der Waals surface area contributed by atoms with E-state index in [1.54, 1.807) is 16.8 Å². The highest BCUT2D eigenvalue weighted by atomic mass is 19.4. The summed E-state index contributed by atoms with van der Waals surface area (Å²) in [4.78, 5) is 3.69. The Morgan fingerprint density at radius 2 is 1.88 bits per heavy atom. The van der Waals surface area contributed by atoms with Crippen molar-refractivity contribution in [1.29, 1.82) is 0 Å². The predicted octanol–water partition coefficient (Wildman–Crippen LogP) is 5.04. The van der Waals surface area contributed by atoms with Gasteiger partial charge in [0, 0.05) is 30.5 Å². The summed E-state index contributed by atoms with van der Waals surface area (Å²) in [6, 6.07) is 3.28. The summed E-state index contributed by atoms with van der Waals surface area (Å²) in [6.45, 7) is 7.88. The van der Waals surface area contributed by atoms with Gasteiger partial charge in [-0.25, -0.2) is 4.98 Å². The molecule has 0 radical (unpaired) electrons. The second-order valence-electron chi connectivity index (χ2n) is 8.55. The fourth-order valence-electron chi connectivity index (χ4n) is 4.22. The zero-order valence-electron chi connectivity index (χ0n) is 18.9. The van der Waals surface area contributed by atoms with Gasteiger partial charge in [-0.15, -0.1) is 0 Å². The number of hydrogen-bond donors (Lipinski definition) is 2. The molecule has 2 aliphatic rings. The van der Waals surface area contributed by atoms with Crippen molar-refractivity contribution in [3.63, 3.8) is 0 Å². The molecule has 0 bridgehead atoms. The van der Waals surface area contributed by atoms with Crippen molar-refractivity contribution >= 4 is 12.2 Å². The highest BCUT2D eigenvalue weighted by Crippen LogP contribution is 2.32. The average molecular weight is 451 g/mol. The van der Waals surface area contributed by atoms with Crippen LogP contribution in [0.1, 0.15) is 75.4 Å². The van der Waals surface area contributed by atoms with Gasteiger partial charge in [0.2, 0.25) is 0 Å². The molecular weight excluding hydrogens is 417 g/mol. The van der Waals surface area contributed by atoms with E-state index in [9.17, 15) is 13.2 Å². The van der Waals surface area contributed by atoms with Crippen LogP contribution in [0.3, 0.4) is 0 Å². The van der Waals surface area contributed by atoms with E-state index < -0.39 is 11.9 Å². The maximum atomic E-state index is 12.8. The SMILES string of the molecule is C=Cc1ccnn1C(C)C.CNC1CCC(NC2CC=Cc3nc(C(F)(F)F)cn32)CC1. The van der Waals surface area contributed by atoms with Crippen LogP contribution in [0.15, 0.2) is 31.1 Å². The minimum absolute atomic E-state index is 0.139. The molecule has 0 amide bonds. The van der Waals surface area contributed by atoms with E-state index in [-0.39, 0.29) is 6.17 Å². The molecule has 32 heavy (non-hydrogen) atoms. The van der Waals surface area contributed by atoms with E-state index >= 15 is 0 Å². The zero-order chi connectivity index (χ0) is 23.3. The number of alkyl halides is 3. The predicted molar refractivity (Wildman–Crippen MR) is 121 cm³/mol. The van der Waals surface area contributed by atoms with Gasteiger partial charge in [0.1, 0.15) is 5.82 Å². The molecule has 176 valence electrons. The van der Waals surface area contributed by atoms with Crippen molar-refractivity contribution in [1.82, 2.24) is 30.0 Å². The van der Waals surface area contributed by atoms with Crippen LogP contribution in [0.5, 0.6) is 0 Å². The molecule has 2 aromatic heterocycles. The summed E-state index contributed by atoms with van der Waals surface area (Å²) < 4.78 is 42.0. The van der Waals surface area contributed by atoms with Crippen LogP contribution in [-0.4, -0.2) is 38.5 Å². The van der Waals surface area contributed by atoms with Gasteiger partial charge in [0.15, 0.2) is 5.69 Å². The van der Waals surface area contributed by atoms with E-state index in [0.717, 1.165) is 37.6 Å². The Labute approximate surface area is 187 Å². The number of rotatable bonds is 5. The monoisotopic (exact) mass is 450 g/mol. The van der Waals surface area contributed by atoms with Crippen molar-refractivity contribution in [3.8, 4) is 0 Å². The Morgan fingerprint density at radius 3 is 2.44 bits per heavy atom. The lowest BCUT2D eigenvalue weighted by Crippen LogP contribution is -2.42. The van der Waals surface area contributed by atoms with Crippen LogP contribution in [-0.2, 0) is 6.18 Å².